The van der Waals surface area contributed by atoms with Crippen molar-refractivity contribution in [3.05, 3.63) is 40.9 Å². The predicted molar refractivity (Wildman–Crippen MR) is 96.0 cm³/mol. The van der Waals surface area contributed by atoms with E-state index < -0.39 is 17.4 Å². The minimum Gasteiger partial charge on any atom is -0.465 e. The van der Waals surface area contributed by atoms with Gasteiger partial charge < -0.3 is 14.4 Å². The topological polar surface area (TPSA) is 55.8 Å². The first kappa shape index (κ1) is 16.8. The summed E-state index contributed by atoms with van der Waals surface area (Å²) in [5, 5.41) is 0. The smallest absolute Gasteiger partial charge is 0.312 e. The minimum atomic E-state index is -0.724. The van der Waals surface area contributed by atoms with Gasteiger partial charge in [-0.3, -0.25) is 9.59 Å². The zero-order valence-corrected chi connectivity index (χ0v) is 15.7. The molecule has 3 heterocycles. The van der Waals surface area contributed by atoms with E-state index in [0.717, 1.165) is 10.2 Å². The summed E-state index contributed by atoms with van der Waals surface area (Å²) < 4.78 is 12.4. The van der Waals surface area contributed by atoms with Crippen molar-refractivity contribution in [3.63, 3.8) is 0 Å². The largest absolute Gasteiger partial charge is 0.465 e. The number of rotatable bonds is 4. The van der Waals surface area contributed by atoms with E-state index >= 15 is 0 Å². The van der Waals surface area contributed by atoms with Gasteiger partial charge in [-0.05, 0) is 34.0 Å². The lowest BCUT2D eigenvalue weighted by Gasteiger charge is -2.23. The van der Waals surface area contributed by atoms with E-state index in [-0.39, 0.29) is 23.9 Å². The lowest BCUT2D eigenvalue weighted by atomic mass is 9.77. The van der Waals surface area contributed by atoms with E-state index in [1.807, 2.05) is 50.3 Å². The van der Waals surface area contributed by atoms with Crippen LogP contribution in [0.2, 0.25) is 0 Å². The van der Waals surface area contributed by atoms with Crippen LogP contribution in [-0.4, -0.2) is 36.7 Å². The standard InChI is InChI=1S/C19H20BrNO4/c1-11(2)9-24-18(23)15-14-7-8-19(25-14)10-21(17(22)16(15)19)13-6-4-3-5-12(13)20/h3-8,11,14-16H,9-10H2,1-2H3/t14-,15+,16-,19+/m1/s1. The molecule has 1 aromatic rings. The van der Waals surface area contributed by atoms with E-state index in [1.165, 1.54) is 0 Å². The third-order valence-electron chi connectivity index (χ3n) is 5.07. The fourth-order valence-electron chi connectivity index (χ4n) is 3.99. The summed E-state index contributed by atoms with van der Waals surface area (Å²) >= 11 is 3.50. The SMILES string of the molecule is CC(C)COC(=O)[C@H]1[C@H]2C=C[C@@]3(CN(c4ccccc4Br)C(=O)[C@@H]13)O2. The van der Waals surface area contributed by atoms with Crippen molar-refractivity contribution < 1.29 is 19.1 Å². The van der Waals surface area contributed by atoms with Gasteiger partial charge in [-0.15, -0.1) is 0 Å². The van der Waals surface area contributed by atoms with Crippen LogP contribution in [0.15, 0.2) is 40.9 Å². The van der Waals surface area contributed by atoms with Crippen molar-refractivity contribution in [2.24, 2.45) is 17.8 Å². The molecule has 5 nitrogen and oxygen atoms in total. The number of carbonyl (C=O) groups excluding carboxylic acids is 2. The first-order chi connectivity index (χ1) is 11.9. The van der Waals surface area contributed by atoms with Gasteiger partial charge in [0.05, 0.1) is 30.9 Å². The van der Waals surface area contributed by atoms with Crippen molar-refractivity contribution in [3.8, 4) is 0 Å². The Bertz CT molecular complexity index is 762. The maximum Gasteiger partial charge on any atom is 0.312 e. The predicted octanol–water partition coefficient (Wildman–Crippen LogP) is 2.93. The summed E-state index contributed by atoms with van der Waals surface area (Å²) in [7, 11) is 0. The number of halogens is 1. The zero-order chi connectivity index (χ0) is 17.8. The number of fused-ring (bicyclic) bond motifs is 1. The van der Waals surface area contributed by atoms with Crippen LogP contribution in [0.3, 0.4) is 0 Å². The molecule has 132 valence electrons. The minimum absolute atomic E-state index is 0.0785. The molecule has 3 aliphatic heterocycles. The van der Waals surface area contributed by atoms with Gasteiger partial charge in [0.15, 0.2) is 0 Å². The van der Waals surface area contributed by atoms with Gasteiger partial charge >= 0.3 is 5.97 Å². The zero-order valence-electron chi connectivity index (χ0n) is 14.1. The van der Waals surface area contributed by atoms with E-state index in [1.54, 1.807) is 4.90 Å². The Morgan fingerprint density at radius 3 is 2.92 bits per heavy atom. The molecule has 4 atom stereocenters. The first-order valence-corrected chi connectivity index (χ1v) is 9.32. The first-order valence-electron chi connectivity index (χ1n) is 8.53. The van der Waals surface area contributed by atoms with Crippen LogP contribution in [0, 0.1) is 17.8 Å². The van der Waals surface area contributed by atoms with Crippen LogP contribution in [0.5, 0.6) is 0 Å². The molecule has 3 aliphatic rings. The molecule has 6 heteroatoms. The number of amides is 1. The van der Waals surface area contributed by atoms with Gasteiger partial charge in [0.1, 0.15) is 11.5 Å². The number of anilines is 1. The van der Waals surface area contributed by atoms with Crippen molar-refractivity contribution in [1.82, 2.24) is 0 Å². The molecule has 0 radical (unpaired) electrons. The normalized spacial score (nSPS) is 32.6. The van der Waals surface area contributed by atoms with Gasteiger partial charge in [-0.25, -0.2) is 0 Å². The van der Waals surface area contributed by atoms with Crippen LogP contribution in [-0.2, 0) is 19.1 Å². The number of ether oxygens (including phenoxy) is 2. The number of nitrogens with zero attached hydrogens (tertiary/aromatic N) is 1. The molecule has 25 heavy (non-hydrogen) atoms. The summed E-state index contributed by atoms with van der Waals surface area (Å²) in [6.45, 7) is 4.75. The molecule has 2 saturated heterocycles. The molecule has 0 unspecified atom stereocenters. The summed E-state index contributed by atoms with van der Waals surface area (Å²) in [6, 6.07) is 7.59. The van der Waals surface area contributed by atoms with Crippen molar-refractivity contribution in [1.29, 1.82) is 0 Å². The summed E-state index contributed by atoms with van der Waals surface area (Å²) in [6.07, 6.45) is 3.48. The summed E-state index contributed by atoms with van der Waals surface area (Å²) in [5.74, 6) is -1.25. The second kappa shape index (κ2) is 5.95. The third-order valence-corrected chi connectivity index (χ3v) is 5.75. The monoisotopic (exact) mass is 405 g/mol. The quantitative estimate of drug-likeness (QED) is 0.570. The Hall–Kier alpha value is -1.66. The highest BCUT2D eigenvalue weighted by molar-refractivity contribution is 9.10. The number of esters is 1. The summed E-state index contributed by atoms with van der Waals surface area (Å²) in [5.41, 5.74) is 0.0736. The van der Waals surface area contributed by atoms with Crippen molar-refractivity contribution in [2.45, 2.75) is 25.6 Å². The Morgan fingerprint density at radius 2 is 2.20 bits per heavy atom. The molecule has 1 amide bonds. The maximum absolute atomic E-state index is 13.2. The van der Waals surface area contributed by atoms with Gasteiger partial charge in [-0.2, -0.15) is 0 Å². The number of benzene rings is 1. The average Bonchev–Trinajstić information content (AvgIpc) is 3.21. The average molecular weight is 406 g/mol. The second-order valence-electron chi connectivity index (χ2n) is 7.30. The molecule has 2 bridgehead atoms. The van der Waals surface area contributed by atoms with Crippen LogP contribution in [0.4, 0.5) is 5.69 Å². The highest BCUT2D eigenvalue weighted by Crippen LogP contribution is 2.53. The number of hydrogen-bond donors (Lipinski definition) is 0. The third kappa shape index (κ3) is 2.54. The van der Waals surface area contributed by atoms with Gasteiger partial charge in [0.2, 0.25) is 5.91 Å². The lowest BCUT2D eigenvalue weighted by Crippen LogP contribution is -2.40. The molecule has 1 spiro atoms. The molecular formula is C19H20BrNO4. The van der Waals surface area contributed by atoms with E-state index in [4.69, 9.17) is 9.47 Å². The number of para-hydroxylation sites is 1. The molecule has 1 aromatic carbocycles. The molecule has 2 fully saturated rings. The van der Waals surface area contributed by atoms with E-state index in [9.17, 15) is 9.59 Å². The Balaban J connectivity index is 1.64. The molecule has 4 rings (SSSR count). The highest BCUT2D eigenvalue weighted by Gasteiger charge is 2.67. The van der Waals surface area contributed by atoms with Crippen LogP contribution in [0.1, 0.15) is 13.8 Å². The van der Waals surface area contributed by atoms with Gasteiger partial charge in [-0.1, -0.05) is 38.1 Å². The van der Waals surface area contributed by atoms with Gasteiger partial charge in [0, 0.05) is 4.47 Å². The second-order valence-corrected chi connectivity index (χ2v) is 8.15. The fourth-order valence-corrected chi connectivity index (χ4v) is 4.49. The van der Waals surface area contributed by atoms with Crippen molar-refractivity contribution in [2.75, 3.05) is 18.1 Å². The number of carbonyl (C=O) groups is 2. The molecule has 0 aliphatic carbocycles. The fraction of sp³-hybridized carbons (Fsp3) is 0.474. The molecular weight excluding hydrogens is 386 g/mol. The lowest BCUT2D eigenvalue weighted by molar-refractivity contribution is -0.153. The van der Waals surface area contributed by atoms with Crippen LogP contribution < -0.4 is 4.90 Å². The molecule has 0 aromatic heterocycles. The Kier molecular flexibility index (Phi) is 4.00. The Morgan fingerprint density at radius 1 is 1.44 bits per heavy atom. The molecule has 0 saturated carbocycles. The van der Waals surface area contributed by atoms with E-state index in [0.29, 0.717) is 13.2 Å². The van der Waals surface area contributed by atoms with Crippen LogP contribution >= 0.6 is 15.9 Å². The van der Waals surface area contributed by atoms with E-state index in [2.05, 4.69) is 15.9 Å². The van der Waals surface area contributed by atoms with Crippen molar-refractivity contribution >= 4 is 33.5 Å². The molecule has 0 N–H and O–H groups in total. The maximum atomic E-state index is 13.2. The Labute approximate surface area is 155 Å². The van der Waals surface area contributed by atoms with Crippen LogP contribution in [0.25, 0.3) is 0 Å². The highest BCUT2D eigenvalue weighted by atomic mass is 79.9. The summed E-state index contributed by atoms with van der Waals surface area (Å²) in [4.78, 5) is 27.5. The van der Waals surface area contributed by atoms with Gasteiger partial charge in [0.25, 0.3) is 0 Å². The number of hydrogen-bond acceptors (Lipinski definition) is 4.